The lowest BCUT2D eigenvalue weighted by Crippen LogP contribution is -2.52. The molecule has 1 amide bonds. The molecular formula is C29H44N4O2. The van der Waals surface area contributed by atoms with Gasteiger partial charge >= 0.3 is 0 Å². The van der Waals surface area contributed by atoms with Gasteiger partial charge in [0.1, 0.15) is 5.75 Å². The van der Waals surface area contributed by atoms with Gasteiger partial charge in [0.15, 0.2) is 0 Å². The van der Waals surface area contributed by atoms with E-state index in [4.69, 9.17) is 4.74 Å². The van der Waals surface area contributed by atoms with E-state index in [0.717, 1.165) is 73.6 Å². The Morgan fingerprint density at radius 3 is 2.54 bits per heavy atom. The number of rotatable bonds is 7. The van der Waals surface area contributed by atoms with Crippen LogP contribution in [0.15, 0.2) is 18.2 Å². The second-order valence-electron chi connectivity index (χ2n) is 12.3. The Labute approximate surface area is 211 Å². The third-order valence-electron chi connectivity index (χ3n) is 9.75. The predicted octanol–water partition coefficient (Wildman–Crippen LogP) is 4.54. The van der Waals surface area contributed by atoms with Gasteiger partial charge in [-0.2, -0.15) is 0 Å². The maximum Gasteiger partial charge on any atom is 0.253 e. The zero-order valence-electron chi connectivity index (χ0n) is 22.6. The van der Waals surface area contributed by atoms with Crippen molar-refractivity contribution in [1.82, 2.24) is 19.7 Å². The number of carbonyl (C=O) groups is 1. The van der Waals surface area contributed by atoms with Gasteiger partial charge in [-0.05, 0) is 69.0 Å². The standard InChI is InChI=1S/C29H44N4O2/c1-20-24(26(34)30-27-28(2,3)21-11-12-29(27,4)19-21)22-9-7-10-23(35-6)25(22)33(20)14-8-13-32-17-15-31(5)16-18-32/h7,9-10,21,27H,8,11-19H2,1-6H3,(H,30,34)/t21-,27?,29?/m1/s1. The summed E-state index contributed by atoms with van der Waals surface area (Å²) in [6.45, 7) is 15.7. The number of ether oxygens (including phenoxy) is 1. The van der Waals surface area contributed by atoms with E-state index in [-0.39, 0.29) is 22.8 Å². The Balaban J connectivity index is 1.41. The number of piperazine rings is 1. The number of fused-ring (bicyclic) bond motifs is 3. The van der Waals surface area contributed by atoms with Crippen molar-refractivity contribution in [2.75, 3.05) is 46.9 Å². The van der Waals surface area contributed by atoms with Crippen LogP contribution in [0.1, 0.15) is 62.5 Å². The molecule has 2 unspecified atom stereocenters. The first-order valence-electron chi connectivity index (χ1n) is 13.5. The average molecular weight is 481 g/mol. The summed E-state index contributed by atoms with van der Waals surface area (Å²) in [4.78, 5) is 18.9. The predicted molar refractivity (Wildman–Crippen MR) is 142 cm³/mol. The normalized spacial score (nSPS) is 28.6. The lowest BCUT2D eigenvalue weighted by molar-refractivity contribution is 0.0738. The van der Waals surface area contributed by atoms with Crippen LogP contribution in [0, 0.1) is 23.7 Å². The molecule has 192 valence electrons. The smallest absolute Gasteiger partial charge is 0.253 e. The monoisotopic (exact) mass is 480 g/mol. The Bertz CT molecular complexity index is 1090. The Morgan fingerprint density at radius 2 is 1.89 bits per heavy atom. The molecule has 2 saturated carbocycles. The van der Waals surface area contributed by atoms with Gasteiger partial charge in [0.05, 0.1) is 18.2 Å². The number of aryl methyl sites for hydroxylation is 1. The second-order valence-corrected chi connectivity index (χ2v) is 12.3. The molecule has 3 fully saturated rings. The minimum atomic E-state index is 0.0745. The van der Waals surface area contributed by atoms with Crippen LogP contribution >= 0.6 is 0 Å². The molecule has 1 N–H and O–H groups in total. The van der Waals surface area contributed by atoms with E-state index < -0.39 is 0 Å². The summed E-state index contributed by atoms with van der Waals surface area (Å²) in [6.07, 6.45) is 4.79. The van der Waals surface area contributed by atoms with E-state index in [1.54, 1.807) is 7.11 Å². The lowest BCUT2D eigenvalue weighted by atomic mass is 9.68. The van der Waals surface area contributed by atoms with Crippen LogP contribution in [0.5, 0.6) is 5.75 Å². The number of hydrogen-bond acceptors (Lipinski definition) is 4. The summed E-state index contributed by atoms with van der Waals surface area (Å²) >= 11 is 0. The third-order valence-corrected chi connectivity index (χ3v) is 9.75. The Kier molecular flexibility index (Phi) is 6.41. The van der Waals surface area contributed by atoms with Crippen molar-refractivity contribution < 1.29 is 9.53 Å². The van der Waals surface area contributed by atoms with E-state index in [2.05, 4.69) is 60.5 Å². The van der Waals surface area contributed by atoms with E-state index in [0.29, 0.717) is 5.92 Å². The summed E-state index contributed by atoms with van der Waals surface area (Å²) in [5.41, 5.74) is 3.26. The van der Waals surface area contributed by atoms with Crippen molar-refractivity contribution in [3.8, 4) is 5.75 Å². The van der Waals surface area contributed by atoms with Gasteiger partial charge < -0.3 is 24.4 Å². The number of amides is 1. The fraction of sp³-hybridized carbons (Fsp3) is 0.690. The van der Waals surface area contributed by atoms with E-state index in [1.807, 2.05) is 12.1 Å². The van der Waals surface area contributed by atoms with Gasteiger partial charge in [-0.25, -0.2) is 0 Å². The van der Waals surface area contributed by atoms with Crippen molar-refractivity contribution in [3.05, 3.63) is 29.5 Å². The van der Waals surface area contributed by atoms with Crippen LogP contribution in [0.4, 0.5) is 0 Å². The molecule has 6 nitrogen and oxygen atoms in total. The quantitative estimate of drug-likeness (QED) is 0.632. The largest absolute Gasteiger partial charge is 0.495 e. The summed E-state index contributed by atoms with van der Waals surface area (Å²) in [5, 5.41) is 4.55. The molecule has 1 aromatic carbocycles. The van der Waals surface area contributed by atoms with Crippen molar-refractivity contribution in [2.24, 2.45) is 16.7 Å². The number of aromatic nitrogens is 1. The fourth-order valence-electron chi connectivity index (χ4n) is 7.62. The van der Waals surface area contributed by atoms with Crippen molar-refractivity contribution in [1.29, 1.82) is 0 Å². The number of methoxy groups -OCH3 is 1. The van der Waals surface area contributed by atoms with Crippen LogP contribution in [0.3, 0.4) is 0 Å². The molecule has 1 aliphatic heterocycles. The summed E-state index contributed by atoms with van der Waals surface area (Å²) < 4.78 is 8.10. The number of nitrogens with zero attached hydrogens (tertiary/aromatic N) is 3. The van der Waals surface area contributed by atoms with Gasteiger partial charge in [0.2, 0.25) is 0 Å². The Hall–Kier alpha value is -2.05. The number of nitrogens with one attached hydrogen (secondary N) is 1. The van der Waals surface area contributed by atoms with E-state index in [9.17, 15) is 4.79 Å². The molecule has 0 radical (unpaired) electrons. The number of para-hydroxylation sites is 1. The third kappa shape index (κ3) is 4.17. The SMILES string of the molecule is COc1cccc2c(C(=O)NC3C4(C)CC[C@H](C4)C3(C)C)c(C)n(CCCN3CCN(C)CC3)c12. The number of likely N-dealkylation sites (N-methyl/N-ethyl adjacent to an activating group) is 1. The molecule has 1 aromatic heterocycles. The second kappa shape index (κ2) is 9.11. The zero-order valence-corrected chi connectivity index (χ0v) is 22.6. The molecule has 2 aromatic rings. The first kappa shape index (κ1) is 24.6. The van der Waals surface area contributed by atoms with Gasteiger partial charge in [-0.15, -0.1) is 0 Å². The molecule has 2 aliphatic carbocycles. The molecule has 0 spiro atoms. The number of carbonyl (C=O) groups excluding carboxylic acids is 1. The van der Waals surface area contributed by atoms with E-state index in [1.165, 1.54) is 19.3 Å². The average Bonchev–Trinajstić information content (AvgIpc) is 3.42. The zero-order chi connectivity index (χ0) is 25.0. The number of hydrogen-bond donors (Lipinski definition) is 1. The maximum atomic E-state index is 13.9. The van der Waals surface area contributed by atoms with Crippen molar-refractivity contribution >= 4 is 16.8 Å². The highest BCUT2D eigenvalue weighted by molar-refractivity contribution is 6.09. The fourth-order valence-corrected chi connectivity index (χ4v) is 7.62. The molecule has 3 aliphatic rings. The lowest BCUT2D eigenvalue weighted by Gasteiger charge is -2.43. The molecule has 5 rings (SSSR count). The van der Waals surface area contributed by atoms with Gasteiger partial charge in [-0.1, -0.05) is 32.9 Å². The van der Waals surface area contributed by atoms with Crippen LogP contribution in [0.2, 0.25) is 0 Å². The van der Waals surface area contributed by atoms with E-state index >= 15 is 0 Å². The molecular weight excluding hydrogens is 436 g/mol. The highest BCUT2D eigenvalue weighted by Crippen LogP contribution is 2.62. The number of benzene rings is 1. The van der Waals surface area contributed by atoms with Gasteiger partial charge in [0, 0.05) is 49.8 Å². The highest BCUT2D eigenvalue weighted by atomic mass is 16.5. The summed E-state index contributed by atoms with van der Waals surface area (Å²) in [5.74, 6) is 1.62. The molecule has 35 heavy (non-hydrogen) atoms. The molecule has 3 atom stereocenters. The van der Waals surface area contributed by atoms with Gasteiger partial charge in [0.25, 0.3) is 5.91 Å². The van der Waals surface area contributed by atoms with Crippen LogP contribution in [-0.2, 0) is 6.54 Å². The summed E-state index contributed by atoms with van der Waals surface area (Å²) in [7, 11) is 3.92. The molecule has 1 saturated heterocycles. The molecule has 2 bridgehead atoms. The molecule has 2 heterocycles. The van der Waals surface area contributed by atoms with Crippen LogP contribution < -0.4 is 10.1 Å². The summed E-state index contributed by atoms with van der Waals surface area (Å²) in [6, 6.07) is 6.32. The minimum absolute atomic E-state index is 0.0745. The van der Waals surface area contributed by atoms with Crippen molar-refractivity contribution in [2.45, 2.75) is 66.0 Å². The Morgan fingerprint density at radius 1 is 1.14 bits per heavy atom. The van der Waals surface area contributed by atoms with Crippen LogP contribution in [0.25, 0.3) is 10.9 Å². The molecule has 6 heteroatoms. The van der Waals surface area contributed by atoms with Gasteiger partial charge in [-0.3, -0.25) is 4.79 Å². The van der Waals surface area contributed by atoms with Crippen molar-refractivity contribution in [3.63, 3.8) is 0 Å². The first-order valence-corrected chi connectivity index (χ1v) is 13.5. The minimum Gasteiger partial charge on any atom is -0.495 e. The van der Waals surface area contributed by atoms with Crippen LogP contribution in [-0.4, -0.2) is 73.2 Å². The highest BCUT2D eigenvalue weighted by Gasteiger charge is 2.59. The maximum absolute atomic E-state index is 13.9. The first-order chi connectivity index (χ1) is 16.7. The topological polar surface area (TPSA) is 49.7 Å².